The SMILES string of the molecule is CCCc1cc2ccccn2c1C(=O)c1cc(Cl)c(OCCCN(CCC)CCC)c(Cl)c1. The van der Waals surface area contributed by atoms with Crippen molar-refractivity contribution in [3.05, 3.63) is 69.5 Å². The van der Waals surface area contributed by atoms with Gasteiger partial charge < -0.3 is 14.0 Å². The van der Waals surface area contributed by atoms with Crippen LogP contribution in [0.3, 0.4) is 0 Å². The van der Waals surface area contributed by atoms with Gasteiger partial charge in [-0.1, -0.05) is 56.5 Å². The fourth-order valence-corrected chi connectivity index (χ4v) is 4.89. The fourth-order valence-electron chi connectivity index (χ4n) is 4.29. The van der Waals surface area contributed by atoms with Crippen molar-refractivity contribution in [3.63, 3.8) is 0 Å². The second-order valence-corrected chi connectivity index (χ2v) is 9.22. The van der Waals surface area contributed by atoms with Gasteiger partial charge in [-0.2, -0.15) is 0 Å². The molecule has 0 fully saturated rings. The molecule has 0 saturated carbocycles. The lowest BCUT2D eigenvalue weighted by Gasteiger charge is -2.21. The number of halogens is 2. The molecule has 4 nitrogen and oxygen atoms in total. The van der Waals surface area contributed by atoms with Crippen molar-refractivity contribution in [1.29, 1.82) is 0 Å². The lowest BCUT2D eigenvalue weighted by molar-refractivity contribution is 0.103. The van der Waals surface area contributed by atoms with E-state index >= 15 is 0 Å². The maximum atomic E-state index is 13.5. The Bertz CT molecular complexity index is 1050. The Hall–Kier alpha value is -2.01. The Morgan fingerprint density at radius 3 is 2.30 bits per heavy atom. The van der Waals surface area contributed by atoms with Crippen LogP contribution in [0.25, 0.3) is 5.52 Å². The topological polar surface area (TPSA) is 34.0 Å². The first-order valence-electron chi connectivity index (χ1n) is 12.0. The highest BCUT2D eigenvalue weighted by atomic mass is 35.5. The summed E-state index contributed by atoms with van der Waals surface area (Å²) in [5.74, 6) is 0.357. The van der Waals surface area contributed by atoms with E-state index in [1.54, 1.807) is 12.1 Å². The van der Waals surface area contributed by atoms with Gasteiger partial charge >= 0.3 is 0 Å². The zero-order valence-electron chi connectivity index (χ0n) is 19.9. The van der Waals surface area contributed by atoms with Gasteiger partial charge in [-0.05, 0) is 74.7 Å². The molecule has 0 saturated heterocycles. The standard InChI is InChI=1S/C27H34Cl2N2O2/c1-4-10-20-17-22-11-7-8-15-31(22)25(20)26(32)21-18-23(28)27(24(29)19-21)33-16-9-14-30(12-5-2)13-6-3/h7-8,11,15,17-19H,4-6,9-10,12-14,16H2,1-3H3. The third kappa shape index (κ3) is 6.32. The van der Waals surface area contributed by atoms with Gasteiger partial charge in [0.15, 0.2) is 5.75 Å². The molecule has 0 aliphatic carbocycles. The maximum Gasteiger partial charge on any atom is 0.210 e. The monoisotopic (exact) mass is 488 g/mol. The zero-order chi connectivity index (χ0) is 23.8. The molecule has 0 amide bonds. The van der Waals surface area contributed by atoms with Gasteiger partial charge in [-0.15, -0.1) is 0 Å². The first kappa shape index (κ1) is 25.6. The van der Waals surface area contributed by atoms with Gasteiger partial charge in [0.1, 0.15) is 0 Å². The molecule has 0 N–H and O–H groups in total. The van der Waals surface area contributed by atoms with Crippen molar-refractivity contribution in [2.45, 2.75) is 52.9 Å². The molecule has 2 heterocycles. The Labute approximate surface area is 207 Å². The van der Waals surface area contributed by atoms with Crippen LogP contribution in [0.4, 0.5) is 0 Å². The van der Waals surface area contributed by atoms with Crippen molar-refractivity contribution in [2.24, 2.45) is 0 Å². The van der Waals surface area contributed by atoms with Crippen molar-refractivity contribution in [1.82, 2.24) is 9.30 Å². The number of fused-ring (bicyclic) bond motifs is 1. The third-order valence-electron chi connectivity index (χ3n) is 5.70. The molecule has 0 atom stereocenters. The molecular weight excluding hydrogens is 455 g/mol. The van der Waals surface area contributed by atoms with Gasteiger partial charge in [-0.3, -0.25) is 4.79 Å². The molecule has 0 radical (unpaired) electrons. The second kappa shape index (κ2) is 12.5. The molecule has 0 spiro atoms. The van der Waals surface area contributed by atoms with Crippen LogP contribution in [0.5, 0.6) is 5.75 Å². The summed E-state index contributed by atoms with van der Waals surface area (Å²) in [5, 5.41) is 0.727. The highest BCUT2D eigenvalue weighted by Gasteiger charge is 2.21. The average molecular weight is 489 g/mol. The number of rotatable bonds is 13. The molecule has 0 aliphatic rings. The van der Waals surface area contributed by atoms with Crippen molar-refractivity contribution < 1.29 is 9.53 Å². The minimum absolute atomic E-state index is 0.0882. The number of nitrogens with zero attached hydrogens (tertiary/aromatic N) is 2. The van der Waals surface area contributed by atoms with Gasteiger partial charge in [0.05, 0.1) is 22.3 Å². The zero-order valence-corrected chi connectivity index (χ0v) is 21.4. The number of hydrogen-bond acceptors (Lipinski definition) is 3. The highest BCUT2D eigenvalue weighted by Crippen LogP contribution is 2.35. The number of ketones is 1. The van der Waals surface area contributed by atoms with Gasteiger partial charge in [-0.25, -0.2) is 0 Å². The number of ether oxygens (including phenoxy) is 1. The first-order valence-corrected chi connectivity index (χ1v) is 12.7. The predicted molar refractivity (Wildman–Crippen MR) is 138 cm³/mol. The number of pyridine rings is 1. The van der Waals surface area contributed by atoms with Crippen molar-refractivity contribution >= 4 is 34.5 Å². The van der Waals surface area contributed by atoms with E-state index in [0.29, 0.717) is 33.7 Å². The molecule has 0 aliphatic heterocycles. The minimum atomic E-state index is -0.0882. The maximum absolute atomic E-state index is 13.5. The summed E-state index contributed by atoms with van der Waals surface area (Å²) < 4.78 is 7.87. The molecule has 3 aromatic rings. The fraction of sp³-hybridized carbons (Fsp3) is 0.444. The molecule has 2 aromatic heterocycles. The Balaban J connectivity index is 1.76. The minimum Gasteiger partial charge on any atom is -0.490 e. The summed E-state index contributed by atoms with van der Waals surface area (Å²) in [6, 6.07) is 11.3. The Kier molecular flexibility index (Phi) is 9.66. The molecule has 0 bridgehead atoms. The van der Waals surface area contributed by atoms with Crippen molar-refractivity contribution in [2.75, 3.05) is 26.2 Å². The van der Waals surface area contributed by atoms with E-state index in [4.69, 9.17) is 27.9 Å². The number of carbonyl (C=O) groups excluding carboxylic acids is 1. The van der Waals surface area contributed by atoms with Gasteiger partial charge in [0.2, 0.25) is 5.78 Å². The van der Waals surface area contributed by atoms with Gasteiger partial charge in [0, 0.05) is 23.8 Å². The molecule has 3 rings (SSSR count). The van der Waals surface area contributed by atoms with Crippen LogP contribution in [-0.2, 0) is 6.42 Å². The molecule has 178 valence electrons. The number of hydrogen-bond donors (Lipinski definition) is 0. The summed E-state index contributed by atoms with van der Waals surface area (Å²) in [4.78, 5) is 16.0. The largest absolute Gasteiger partial charge is 0.490 e. The van der Waals surface area contributed by atoms with E-state index in [-0.39, 0.29) is 5.78 Å². The quantitative estimate of drug-likeness (QED) is 0.186. The number of aromatic nitrogens is 1. The summed E-state index contributed by atoms with van der Waals surface area (Å²) in [7, 11) is 0. The Morgan fingerprint density at radius 1 is 0.970 bits per heavy atom. The van der Waals surface area contributed by atoms with Crippen LogP contribution in [-0.4, -0.2) is 41.3 Å². The van der Waals surface area contributed by atoms with Crippen molar-refractivity contribution in [3.8, 4) is 5.75 Å². The van der Waals surface area contributed by atoms with Crippen LogP contribution in [0.15, 0.2) is 42.6 Å². The molecule has 1 aromatic carbocycles. The van der Waals surface area contributed by atoms with E-state index in [9.17, 15) is 4.79 Å². The van der Waals surface area contributed by atoms with Crippen LogP contribution in [0, 0.1) is 0 Å². The van der Waals surface area contributed by atoms with E-state index < -0.39 is 0 Å². The number of aryl methyl sites for hydroxylation is 1. The number of benzene rings is 1. The normalized spacial score (nSPS) is 11.5. The summed E-state index contributed by atoms with van der Waals surface area (Å²) >= 11 is 13.0. The van der Waals surface area contributed by atoms with Crippen LogP contribution in [0.2, 0.25) is 10.0 Å². The van der Waals surface area contributed by atoms with E-state index in [1.165, 1.54) is 0 Å². The third-order valence-corrected chi connectivity index (χ3v) is 6.26. The number of carbonyl (C=O) groups is 1. The molecule has 0 unspecified atom stereocenters. The van der Waals surface area contributed by atoms with E-state index in [1.807, 2.05) is 28.8 Å². The van der Waals surface area contributed by atoms with Gasteiger partial charge in [0.25, 0.3) is 0 Å². The van der Waals surface area contributed by atoms with E-state index in [0.717, 1.165) is 62.8 Å². The summed E-state index contributed by atoms with van der Waals surface area (Å²) in [6.07, 6.45) is 6.89. The molecule has 33 heavy (non-hydrogen) atoms. The lowest BCUT2D eigenvalue weighted by Crippen LogP contribution is -2.27. The van der Waals surface area contributed by atoms with E-state index in [2.05, 4.69) is 31.7 Å². The van der Waals surface area contributed by atoms with Crippen LogP contribution >= 0.6 is 23.2 Å². The summed E-state index contributed by atoms with van der Waals surface area (Å²) in [5.41, 5.74) is 3.17. The smallest absolute Gasteiger partial charge is 0.210 e. The molecular formula is C27H34Cl2N2O2. The predicted octanol–water partition coefficient (Wildman–Crippen LogP) is 7.32. The second-order valence-electron chi connectivity index (χ2n) is 8.41. The lowest BCUT2D eigenvalue weighted by atomic mass is 10.0. The van der Waals surface area contributed by atoms with Crippen LogP contribution < -0.4 is 4.74 Å². The average Bonchev–Trinajstić information content (AvgIpc) is 3.15. The highest BCUT2D eigenvalue weighted by molar-refractivity contribution is 6.38. The Morgan fingerprint density at radius 2 is 1.67 bits per heavy atom. The molecule has 6 heteroatoms. The summed E-state index contributed by atoms with van der Waals surface area (Å²) in [6.45, 7) is 10.2. The first-order chi connectivity index (χ1) is 16.0. The van der Waals surface area contributed by atoms with Crippen LogP contribution in [0.1, 0.15) is 68.1 Å².